The van der Waals surface area contributed by atoms with Crippen LogP contribution in [0.25, 0.3) is 0 Å². The van der Waals surface area contributed by atoms with Crippen molar-refractivity contribution in [3.63, 3.8) is 0 Å². The van der Waals surface area contributed by atoms with Gasteiger partial charge in [0.2, 0.25) is 0 Å². The Morgan fingerprint density at radius 2 is 1.91 bits per heavy atom. The monoisotopic (exact) mass is 384 g/mol. The largest absolute Gasteiger partial charge is 0.460 e. The number of ether oxygens (including phenoxy) is 1. The van der Waals surface area contributed by atoms with Crippen LogP contribution in [0.5, 0.6) is 0 Å². The van der Waals surface area contributed by atoms with Crippen LogP contribution < -0.4 is 4.90 Å². The Kier molecular flexibility index (Phi) is 8.03. The summed E-state index contributed by atoms with van der Waals surface area (Å²) in [5, 5.41) is 0. The Bertz CT molecular complexity index is 475. The lowest BCUT2D eigenvalue weighted by Gasteiger charge is -2.32. The van der Waals surface area contributed by atoms with Crippen LogP contribution in [-0.4, -0.2) is 29.6 Å². The van der Waals surface area contributed by atoms with E-state index in [-0.39, 0.29) is 11.6 Å². The zero-order valence-electron chi connectivity index (χ0n) is 14.9. The van der Waals surface area contributed by atoms with E-state index in [0.29, 0.717) is 12.3 Å². The molecule has 0 atom stereocenters. The van der Waals surface area contributed by atoms with Crippen molar-refractivity contribution in [3.8, 4) is 0 Å². The maximum Gasteiger partial charge on any atom is 0.306 e. The van der Waals surface area contributed by atoms with E-state index >= 15 is 0 Å². The minimum atomic E-state index is -0.390. The molecule has 5 heteroatoms. The van der Waals surface area contributed by atoms with Gasteiger partial charge in [0.25, 0.3) is 0 Å². The SMILES string of the molecule is CC.CC(C)(C)OC(=O)CC1CCN(c2ccc(Br)cn2)CC1. The van der Waals surface area contributed by atoms with Crippen LogP contribution >= 0.6 is 15.9 Å². The number of carbonyl (C=O) groups is 1. The number of aromatic nitrogens is 1. The average molecular weight is 385 g/mol. The molecular formula is C18H29BrN2O2. The predicted molar refractivity (Wildman–Crippen MR) is 98.7 cm³/mol. The number of rotatable bonds is 3. The topological polar surface area (TPSA) is 42.4 Å². The predicted octanol–water partition coefficient (Wildman–Crippen LogP) is 4.82. The van der Waals surface area contributed by atoms with E-state index < -0.39 is 0 Å². The maximum atomic E-state index is 11.9. The summed E-state index contributed by atoms with van der Waals surface area (Å²) >= 11 is 3.40. The minimum Gasteiger partial charge on any atom is -0.460 e. The van der Waals surface area contributed by atoms with Gasteiger partial charge < -0.3 is 9.64 Å². The molecule has 130 valence electrons. The zero-order chi connectivity index (χ0) is 17.5. The number of hydrogen-bond acceptors (Lipinski definition) is 4. The van der Waals surface area contributed by atoms with E-state index in [1.54, 1.807) is 0 Å². The molecule has 0 bridgehead atoms. The van der Waals surface area contributed by atoms with Crippen LogP contribution in [0.3, 0.4) is 0 Å². The van der Waals surface area contributed by atoms with Gasteiger partial charge in [0.15, 0.2) is 0 Å². The van der Waals surface area contributed by atoms with Gasteiger partial charge in [-0.1, -0.05) is 13.8 Å². The molecule has 2 rings (SSSR count). The fourth-order valence-electron chi connectivity index (χ4n) is 2.54. The highest BCUT2D eigenvalue weighted by Gasteiger charge is 2.24. The first-order valence-corrected chi connectivity index (χ1v) is 9.21. The van der Waals surface area contributed by atoms with Gasteiger partial charge in [-0.15, -0.1) is 0 Å². The van der Waals surface area contributed by atoms with Crippen molar-refractivity contribution >= 4 is 27.7 Å². The van der Waals surface area contributed by atoms with Crippen molar-refractivity contribution in [2.75, 3.05) is 18.0 Å². The minimum absolute atomic E-state index is 0.0808. The molecular weight excluding hydrogens is 356 g/mol. The number of esters is 1. The molecule has 1 saturated heterocycles. The number of halogens is 1. The number of anilines is 1. The highest BCUT2D eigenvalue weighted by molar-refractivity contribution is 9.10. The molecule has 4 nitrogen and oxygen atoms in total. The number of pyridine rings is 1. The lowest BCUT2D eigenvalue weighted by molar-refractivity contribution is -0.156. The van der Waals surface area contributed by atoms with Crippen LogP contribution in [0.15, 0.2) is 22.8 Å². The van der Waals surface area contributed by atoms with E-state index in [1.807, 2.05) is 52.9 Å². The highest BCUT2D eigenvalue weighted by atomic mass is 79.9. The molecule has 23 heavy (non-hydrogen) atoms. The summed E-state index contributed by atoms with van der Waals surface area (Å²) in [7, 11) is 0. The van der Waals surface area contributed by atoms with Gasteiger partial charge >= 0.3 is 5.97 Å². The van der Waals surface area contributed by atoms with Crippen LogP contribution in [0, 0.1) is 5.92 Å². The van der Waals surface area contributed by atoms with Gasteiger partial charge in [-0.05, 0) is 67.6 Å². The molecule has 2 heterocycles. The Labute approximate surface area is 148 Å². The molecule has 0 amide bonds. The van der Waals surface area contributed by atoms with Crippen molar-refractivity contribution in [2.24, 2.45) is 5.92 Å². The normalized spacial score (nSPS) is 15.7. The molecule has 1 aromatic rings. The number of carbonyl (C=O) groups excluding carboxylic acids is 1. The molecule has 0 N–H and O–H groups in total. The van der Waals surface area contributed by atoms with E-state index in [1.165, 1.54) is 0 Å². The molecule has 1 fully saturated rings. The molecule has 0 aromatic carbocycles. The summed E-state index contributed by atoms with van der Waals surface area (Å²) in [6.45, 7) is 11.6. The van der Waals surface area contributed by atoms with Crippen molar-refractivity contribution < 1.29 is 9.53 Å². The van der Waals surface area contributed by atoms with Gasteiger partial charge in [0.05, 0.1) is 0 Å². The van der Waals surface area contributed by atoms with Crippen molar-refractivity contribution in [1.29, 1.82) is 0 Å². The third kappa shape index (κ3) is 7.34. The van der Waals surface area contributed by atoms with Crippen LogP contribution in [0.4, 0.5) is 5.82 Å². The van der Waals surface area contributed by atoms with E-state index in [9.17, 15) is 4.79 Å². The molecule has 1 aromatic heterocycles. The quantitative estimate of drug-likeness (QED) is 0.700. The van der Waals surface area contributed by atoms with Crippen molar-refractivity contribution in [2.45, 2.75) is 59.5 Å². The maximum absolute atomic E-state index is 11.9. The molecule has 1 aliphatic rings. The first-order chi connectivity index (χ1) is 10.8. The fraction of sp³-hybridized carbons (Fsp3) is 0.667. The van der Waals surface area contributed by atoms with Gasteiger partial charge in [-0.3, -0.25) is 4.79 Å². The lowest BCUT2D eigenvalue weighted by Crippen LogP contribution is -2.35. The Balaban J connectivity index is 0.00000127. The number of nitrogens with zero attached hydrogens (tertiary/aromatic N) is 2. The summed E-state index contributed by atoms with van der Waals surface area (Å²) in [6, 6.07) is 4.04. The standard InChI is InChI=1S/C16H23BrN2O2.C2H6/c1-16(2,3)21-15(20)10-12-6-8-19(9-7-12)14-5-4-13(17)11-18-14;1-2/h4-5,11-12H,6-10H2,1-3H3;1-2H3. The van der Waals surface area contributed by atoms with Crippen molar-refractivity contribution in [1.82, 2.24) is 4.98 Å². The van der Waals surface area contributed by atoms with E-state index in [0.717, 1.165) is 36.2 Å². The zero-order valence-corrected chi connectivity index (χ0v) is 16.5. The average Bonchev–Trinajstić information content (AvgIpc) is 2.49. The van der Waals surface area contributed by atoms with Crippen LogP contribution in [-0.2, 0) is 9.53 Å². The van der Waals surface area contributed by atoms with Crippen LogP contribution in [0.2, 0.25) is 0 Å². The van der Waals surface area contributed by atoms with E-state index in [4.69, 9.17) is 4.74 Å². The second-order valence-electron chi connectivity index (χ2n) is 6.56. The number of hydrogen-bond donors (Lipinski definition) is 0. The lowest BCUT2D eigenvalue weighted by atomic mass is 9.93. The molecule has 0 unspecified atom stereocenters. The Hall–Kier alpha value is -1.10. The molecule has 1 aliphatic heterocycles. The van der Waals surface area contributed by atoms with Gasteiger partial charge in [0.1, 0.15) is 11.4 Å². The number of piperidine rings is 1. The van der Waals surface area contributed by atoms with E-state index in [2.05, 4.69) is 25.8 Å². The second-order valence-corrected chi connectivity index (χ2v) is 7.47. The van der Waals surface area contributed by atoms with Gasteiger partial charge in [-0.25, -0.2) is 4.98 Å². The molecule has 0 aliphatic carbocycles. The third-order valence-electron chi connectivity index (χ3n) is 3.53. The summed E-state index contributed by atoms with van der Waals surface area (Å²) in [5.74, 6) is 1.35. The van der Waals surface area contributed by atoms with Gasteiger partial charge in [-0.2, -0.15) is 0 Å². The second kappa shape index (κ2) is 9.26. The molecule has 0 radical (unpaired) electrons. The summed E-state index contributed by atoms with van der Waals surface area (Å²) in [5.41, 5.74) is -0.390. The highest BCUT2D eigenvalue weighted by Crippen LogP contribution is 2.25. The summed E-state index contributed by atoms with van der Waals surface area (Å²) in [6.07, 6.45) is 4.37. The van der Waals surface area contributed by atoms with Crippen LogP contribution in [0.1, 0.15) is 53.9 Å². The first kappa shape index (κ1) is 19.9. The smallest absolute Gasteiger partial charge is 0.306 e. The van der Waals surface area contributed by atoms with Crippen molar-refractivity contribution in [3.05, 3.63) is 22.8 Å². The Morgan fingerprint density at radius 1 is 1.30 bits per heavy atom. The first-order valence-electron chi connectivity index (χ1n) is 8.42. The Morgan fingerprint density at radius 3 is 2.39 bits per heavy atom. The molecule has 0 spiro atoms. The summed E-state index contributed by atoms with van der Waals surface area (Å²) < 4.78 is 6.39. The molecule has 0 saturated carbocycles. The van der Waals surface area contributed by atoms with Gasteiger partial charge in [0, 0.05) is 30.2 Å². The third-order valence-corrected chi connectivity index (χ3v) is 3.99. The fourth-order valence-corrected chi connectivity index (χ4v) is 2.77. The summed E-state index contributed by atoms with van der Waals surface area (Å²) in [4.78, 5) is 18.6.